The molecule has 1 aliphatic heterocycles. The summed E-state index contributed by atoms with van der Waals surface area (Å²) in [5.74, 6) is -1.65. The number of hydrogen-bond donors (Lipinski definition) is 3. The molecule has 0 bridgehead atoms. The maximum atomic E-state index is 12.6. The standard InChI is InChI=1S/C24H26N2O6/c1-2-19(22(27)25-20-11-12-31-21(20)23(28)29)26-24(30)32-13-18-16-9-5-3-7-14(16)15-8-4-6-10-17(15)18/h3-10,18-21H,2,11-13H2,1H3,(H,25,27)(H,26,30)(H,28,29). The number of benzene rings is 2. The fourth-order valence-corrected chi connectivity index (χ4v) is 4.40. The van der Waals surface area contributed by atoms with Crippen LogP contribution in [0.25, 0.3) is 11.1 Å². The quantitative estimate of drug-likeness (QED) is 0.612. The van der Waals surface area contributed by atoms with E-state index in [1.54, 1.807) is 6.92 Å². The molecule has 3 unspecified atom stereocenters. The average molecular weight is 438 g/mol. The van der Waals surface area contributed by atoms with E-state index < -0.39 is 36.2 Å². The summed E-state index contributed by atoms with van der Waals surface area (Å²) in [5, 5.41) is 14.5. The molecule has 2 aromatic carbocycles. The van der Waals surface area contributed by atoms with Crippen LogP contribution >= 0.6 is 0 Å². The molecular weight excluding hydrogens is 412 g/mol. The number of ether oxygens (including phenoxy) is 2. The Morgan fingerprint density at radius 3 is 2.31 bits per heavy atom. The highest BCUT2D eigenvalue weighted by Gasteiger charge is 2.36. The Bertz CT molecular complexity index is 978. The van der Waals surface area contributed by atoms with Crippen LogP contribution in [-0.4, -0.2) is 54.5 Å². The first-order chi connectivity index (χ1) is 15.5. The van der Waals surface area contributed by atoms with Crippen LogP contribution in [0, 0.1) is 0 Å². The van der Waals surface area contributed by atoms with Crippen LogP contribution in [0.4, 0.5) is 4.79 Å². The van der Waals surface area contributed by atoms with Gasteiger partial charge in [-0.1, -0.05) is 55.5 Å². The Balaban J connectivity index is 1.36. The number of fused-ring (bicyclic) bond motifs is 3. The van der Waals surface area contributed by atoms with Gasteiger partial charge in [0.2, 0.25) is 5.91 Å². The number of carbonyl (C=O) groups is 3. The van der Waals surface area contributed by atoms with Crippen LogP contribution in [0.5, 0.6) is 0 Å². The first-order valence-electron chi connectivity index (χ1n) is 10.8. The summed E-state index contributed by atoms with van der Waals surface area (Å²) < 4.78 is 10.7. The molecule has 168 valence electrons. The average Bonchev–Trinajstić information content (AvgIpc) is 3.38. The minimum Gasteiger partial charge on any atom is -0.479 e. The molecule has 1 aliphatic carbocycles. The predicted molar refractivity (Wildman–Crippen MR) is 116 cm³/mol. The van der Waals surface area contributed by atoms with Gasteiger partial charge in [0.15, 0.2) is 6.10 Å². The van der Waals surface area contributed by atoms with E-state index in [0.717, 1.165) is 22.3 Å². The van der Waals surface area contributed by atoms with Crippen LogP contribution in [0.1, 0.15) is 36.8 Å². The molecule has 1 fully saturated rings. The molecule has 1 saturated heterocycles. The number of nitrogens with one attached hydrogen (secondary N) is 2. The van der Waals surface area contributed by atoms with Crippen molar-refractivity contribution in [1.29, 1.82) is 0 Å². The topological polar surface area (TPSA) is 114 Å². The first kappa shape index (κ1) is 21.8. The molecule has 3 N–H and O–H groups in total. The Kier molecular flexibility index (Phi) is 6.41. The summed E-state index contributed by atoms with van der Waals surface area (Å²) in [6, 6.07) is 14.6. The third-order valence-corrected chi connectivity index (χ3v) is 6.02. The van der Waals surface area contributed by atoms with E-state index in [0.29, 0.717) is 12.8 Å². The van der Waals surface area contributed by atoms with Gasteiger partial charge in [-0.2, -0.15) is 0 Å². The zero-order valence-electron chi connectivity index (χ0n) is 17.7. The second kappa shape index (κ2) is 9.40. The van der Waals surface area contributed by atoms with Crippen molar-refractivity contribution in [3.63, 3.8) is 0 Å². The summed E-state index contributed by atoms with van der Waals surface area (Å²) in [7, 11) is 0. The molecule has 8 nitrogen and oxygen atoms in total. The third kappa shape index (κ3) is 4.31. The maximum Gasteiger partial charge on any atom is 0.407 e. The highest BCUT2D eigenvalue weighted by molar-refractivity contribution is 5.86. The van der Waals surface area contributed by atoms with Gasteiger partial charge in [-0.15, -0.1) is 0 Å². The molecule has 8 heteroatoms. The van der Waals surface area contributed by atoms with Crippen LogP contribution in [0.3, 0.4) is 0 Å². The lowest BCUT2D eigenvalue weighted by molar-refractivity contribution is -0.148. The van der Waals surface area contributed by atoms with Gasteiger partial charge in [-0.3, -0.25) is 4.79 Å². The van der Waals surface area contributed by atoms with Gasteiger partial charge in [0.25, 0.3) is 0 Å². The molecule has 2 amide bonds. The molecule has 4 rings (SSSR count). The van der Waals surface area contributed by atoms with Gasteiger partial charge in [0.05, 0.1) is 6.04 Å². The first-order valence-corrected chi connectivity index (χ1v) is 10.8. The van der Waals surface area contributed by atoms with Crippen molar-refractivity contribution in [2.45, 2.75) is 43.9 Å². The van der Waals surface area contributed by atoms with Crippen molar-refractivity contribution >= 4 is 18.0 Å². The van der Waals surface area contributed by atoms with Crippen LogP contribution in [-0.2, 0) is 19.1 Å². The van der Waals surface area contributed by atoms with Crippen molar-refractivity contribution in [1.82, 2.24) is 10.6 Å². The smallest absolute Gasteiger partial charge is 0.407 e. The summed E-state index contributed by atoms with van der Waals surface area (Å²) in [6.45, 7) is 2.17. The summed E-state index contributed by atoms with van der Waals surface area (Å²) in [5.41, 5.74) is 4.48. The fraction of sp³-hybridized carbons (Fsp3) is 0.375. The third-order valence-electron chi connectivity index (χ3n) is 6.02. The van der Waals surface area contributed by atoms with Crippen molar-refractivity contribution in [3.8, 4) is 11.1 Å². The number of carbonyl (C=O) groups excluding carboxylic acids is 2. The molecule has 0 aromatic heterocycles. The lowest BCUT2D eigenvalue weighted by atomic mass is 9.98. The lowest BCUT2D eigenvalue weighted by Crippen LogP contribution is -2.52. The van der Waals surface area contributed by atoms with Crippen molar-refractivity contribution < 1.29 is 29.0 Å². The molecule has 0 radical (unpaired) electrons. The van der Waals surface area contributed by atoms with Gasteiger partial charge < -0.3 is 25.2 Å². The zero-order valence-corrected chi connectivity index (χ0v) is 17.7. The van der Waals surface area contributed by atoms with E-state index in [2.05, 4.69) is 22.8 Å². The van der Waals surface area contributed by atoms with E-state index in [4.69, 9.17) is 9.47 Å². The largest absolute Gasteiger partial charge is 0.479 e. The molecule has 3 atom stereocenters. The Labute approximate surface area is 185 Å². The molecule has 0 spiro atoms. The van der Waals surface area contributed by atoms with Gasteiger partial charge >= 0.3 is 12.1 Å². The number of alkyl carbamates (subject to hydrolysis) is 1. The number of aliphatic carboxylic acids is 1. The molecule has 2 aromatic rings. The fourth-order valence-electron chi connectivity index (χ4n) is 4.40. The monoisotopic (exact) mass is 438 g/mol. The number of rotatable bonds is 7. The van der Waals surface area contributed by atoms with Crippen LogP contribution in [0.15, 0.2) is 48.5 Å². The molecule has 0 saturated carbocycles. The zero-order chi connectivity index (χ0) is 22.7. The van der Waals surface area contributed by atoms with Crippen molar-refractivity contribution in [2.24, 2.45) is 0 Å². The Hall–Kier alpha value is -3.39. The number of hydrogen-bond acceptors (Lipinski definition) is 5. The molecule has 1 heterocycles. The van der Waals surface area contributed by atoms with E-state index >= 15 is 0 Å². The maximum absolute atomic E-state index is 12.6. The minimum atomic E-state index is -1.12. The van der Waals surface area contributed by atoms with Crippen LogP contribution in [0.2, 0.25) is 0 Å². The lowest BCUT2D eigenvalue weighted by Gasteiger charge is -2.22. The van der Waals surface area contributed by atoms with Gasteiger partial charge in [-0.05, 0) is 35.1 Å². The van der Waals surface area contributed by atoms with Crippen LogP contribution < -0.4 is 10.6 Å². The Morgan fingerprint density at radius 1 is 1.09 bits per heavy atom. The van der Waals surface area contributed by atoms with Crippen molar-refractivity contribution in [2.75, 3.05) is 13.2 Å². The normalized spacial score (nSPS) is 20.2. The minimum absolute atomic E-state index is 0.0750. The van der Waals surface area contributed by atoms with Gasteiger partial charge in [0, 0.05) is 12.5 Å². The number of carboxylic acid groups (broad SMARTS) is 1. The second-order valence-electron chi connectivity index (χ2n) is 7.96. The van der Waals surface area contributed by atoms with E-state index in [9.17, 15) is 19.5 Å². The van der Waals surface area contributed by atoms with Gasteiger partial charge in [-0.25, -0.2) is 9.59 Å². The highest BCUT2D eigenvalue weighted by atomic mass is 16.5. The molecule has 2 aliphatic rings. The SMILES string of the molecule is CCC(NC(=O)OCC1c2ccccc2-c2ccccc21)C(=O)NC1CCOC1C(=O)O. The van der Waals surface area contributed by atoms with Crippen molar-refractivity contribution in [3.05, 3.63) is 59.7 Å². The summed E-state index contributed by atoms with van der Waals surface area (Å²) in [4.78, 5) is 36.3. The highest BCUT2D eigenvalue weighted by Crippen LogP contribution is 2.44. The van der Waals surface area contributed by atoms with E-state index in [-0.39, 0.29) is 19.1 Å². The van der Waals surface area contributed by atoms with Gasteiger partial charge in [0.1, 0.15) is 12.6 Å². The van der Waals surface area contributed by atoms with E-state index in [1.807, 2.05) is 36.4 Å². The molecular formula is C24H26N2O6. The summed E-state index contributed by atoms with van der Waals surface area (Å²) >= 11 is 0. The number of carboxylic acids is 1. The van der Waals surface area contributed by atoms with E-state index in [1.165, 1.54) is 0 Å². The number of amides is 2. The Morgan fingerprint density at radius 2 is 1.72 bits per heavy atom. The molecule has 32 heavy (non-hydrogen) atoms. The summed E-state index contributed by atoms with van der Waals surface area (Å²) in [6.07, 6.45) is -1.02. The predicted octanol–water partition coefficient (Wildman–Crippen LogP) is 2.66. The second-order valence-corrected chi connectivity index (χ2v) is 7.96.